The Kier molecular flexibility index (Phi) is 16.9. The molecule has 0 aliphatic carbocycles. The van der Waals surface area contributed by atoms with Gasteiger partial charge in [-0.05, 0) is 87.2 Å². The standard InChI is InChI=1S/C44H57FO11Si/c1-30(52-28-31-19-21-34(49-5)22-20-31)18-23-36(45)40(54-42(46)32-14-11-10-12-15-32)41-37(55-44(2,3)56-41)17-13-16-33-26-35(50-6)27-38(53-29-48-4)39(33)43(47)51-24-25-57(7,8)9/h10-16,19-23,26-27,30,37,40-41H,17-18,24-25,28-29H2,1-9H3/t30?,37-,40?,41?/m0/s1. The number of hydrogen-bond acceptors (Lipinski definition) is 11. The smallest absolute Gasteiger partial charge is 0.342 e. The summed E-state index contributed by atoms with van der Waals surface area (Å²) in [4.78, 5) is 27.0. The van der Waals surface area contributed by atoms with Crippen LogP contribution in [0.4, 0.5) is 4.39 Å². The summed E-state index contributed by atoms with van der Waals surface area (Å²) >= 11 is 0. The third-order valence-electron chi connectivity index (χ3n) is 9.00. The molecular weight excluding hydrogens is 752 g/mol. The molecule has 1 aliphatic rings. The van der Waals surface area contributed by atoms with E-state index < -0.39 is 49.9 Å². The van der Waals surface area contributed by atoms with Gasteiger partial charge in [0.1, 0.15) is 34.7 Å². The highest BCUT2D eigenvalue weighted by atomic mass is 28.3. The molecule has 1 aliphatic heterocycles. The van der Waals surface area contributed by atoms with Gasteiger partial charge in [-0.1, -0.05) is 62.1 Å². The highest BCUT2D eigenvalue weighted by molar-refractivity contribution is 6.76. The summed E-state index contributed by atoms with van der Waals surface area (Å²) in [6, 6.07) is 20.0. The molecule has 57 heavy (non-hydrogen) atoms. The number of carbonyl (C=O) groups is 2. The van der Waals surface area contributed by atoms with Crippen molar-refractivity contribution in [3.05, 3.63) is 107 Å². The molecule has 3 aromatic carbocycles. The summed E-state index contributed by atoms with van der Waals surface area (Å²) in [5.74, 6) is -1.69. The quantitative estimate of drug-likeness (QED) is 0.0583. The molecule has 1 fully saturated rings. The number of benzene rings is 3. The fraction of sp³-hybridized carbons (Fsp3) is 0.455. The molecular formula is C44H57FO11Si. The normalized spacial score (nSPS) is 17.9. The second-order valence-corrected chi connectivity index (χ2v) is 21.0. The first-order valence-electron chi connectivity index (χ1n) is 19.0. The first-order valence-corrected chi connectivity index (χ1v) is 22.7. The second-order valence-electron chi connectivity index (χ2n) is 15.4. The summed E-state index contributed by atoms with van der Waals surface area (Å²) in [6.07, 6.45) is 1.63. The van der Waals surface area contributed by atoms with Crippen LogP contribution in [0.5, 0.6) is 17.2 Å². The van der Waals surface area contributed by atoms with Gasteiger partial charge in [0.25, 0.3) is 0 Å². The van der Waals surface area contributed by atoms with Crippen molar-refractivity contribution in [2.45, 2.75) is 96.1 Å². The van der Waals surface area contributed by atoms with E-state index >= 15 is 4.39 Å². The van der Waals surface area contributed by atoms with Crippen molar-refractivity contribution in [2.24, 2.45) is 0 Å². The average molecular weight is 809 g/mol. The highest BCUT2D eigenvalue weighted by Gasteiger charge is 2.47. The van der Waals surface area contributed by atoms with Crippen molar-refractivity contribution in [3.8, 4) is 17.2 Å². The minimum atomic E-state index is -1.48. The van der Waals surface area contributed by atoms with E-state index in [1.54, 1.807) is 75.6 Å². The maximum absolute atomic E-state index is 16.4. The Morgan fingerprint density at radius 3 is 2.28 bits per heavy atom. The van der Waals surface area contributed by atoms with Crippen LogP contribution in [-0.4, -0.2) is 84.9 Å². The van der Waals surface area contributed by atoms with Crippen LogP contribution >= 0.6 is 0 Å². The number of rotatable bonds is 21. The van der Waals surface area contributed by atoms with Crippen molar-refractivity contribution in [1.29, 1.82) is 0 Å². The van der Waals surface area contributed by atoms with Gasteiger partial charge in [0, 0.05) is 21.3 Å². The maximum Gasteiger partial charge on any atom is 0.342 e. The fourth-order valence-corrected chi connectivity index (χ4v) is 6.64. The zero-order valence-electron chi connectivity index (χ0n) is 34.5. The summed E-state index contributed by atoms with van der Waals surface area (Å²) in [7, 11) is 3.12. The molecule has 4 rings (SSSR count). The van der Waals surface area contributed by atoms with Gasteiger partial charge in [0.15, 0.2) is 18.7 Å². The monoisotopic (exact) mass is 808 g/mol. The Morgan fingerprint density at radius 1 is 0.930 bits per heavy atom. The number of carbonyl (C=O) groups excluding carboxylic acids is 2. The molecule has 0 amide bonds. The zero-order valence-corrected chi connectivity index (χ0v) is 35.5. The van der Waals surface area contributed by atoms with Gasteiger partial charge >= 0.3 is 11.9 Å². The van der Waals surface area contributed by atoms with Crippen molar-refractivity contribution >= 4 is 26.1 Å². The van der Waals surface area contributed by atoms with Crippen molar-refractivity contribution < 1.29 is 56.6 Å². The minimum Gasteiger partial charge on any atom is -0.497 e. The minimum absolute atomic E-state index is 0.106. The molecule has 3 unspecified atom stereocenters. The molecule has 0 N–H and O–H groups in total. The van der Waals surface area contributed by atoms with E-state index in [0.29, 0.717) is 17.9 Å². The van der Waals surface area contributed by atoms with Crippen LogP contribution in [0, 0.1) is 0 Å². The molecule has 13 heteroatoms. The molecule has 0 aromatic heterocycles. The van der Waals surface area contributed by atoms with Crippen molar-refractivity contribution in [1.82, 2.24) is 0 Å². The van der Waals surface area contributed by atoms with E-state index in [2.05, 4.69) is 19.6 Å². The van der Waals surface area contributed by atoms with Crippen LogP contribution in [0.1, 0.15) is 65.5 Å². The molecule has 3 aromatic rings. The van der Waals surface area contributed by atoms with E-state index in [-0.39, 0.29) is 49.2 Å². The molecule has 11 nitrogen and oxygen atoms in total. The number of esters is 2. The Morgan fingerprint density at radius 2 is 1.63 bits per heavy atom. The third-order valence-corrected chi connectivity index (χ3v) is 10.7. The van der Waals surface area contributed by atoms with Crippen molar-refractivity contribution in [2.75, 3.05) is 34.7 Å². The molecule has 0 spiro atoms. The molecule has 310 valence electrons. The van der Waals surface area contributed by atoms with Gasteiger partial charge in [0.05, 0.1) is 45.2 Å². The van der Waals surface area contributed by atoms with E-state index in [1.807, 2.05) is 31.2 Å². The van der Waals surface area contributed by atoms with Gasteiger partial charge < -0.3 is 42.6 Å². The molecule has 4 atom stereocenters. The van der Waals surface area contributed by atoms with Crippen LogP contribution in [-0.2, 0) is 35.0 Å². The van der Waals surface area contributed by atoms with Crippen LogP contribution in [0.15, 0.2) is 84.7 Å². The predicted octanol–water partition coefficient (Wildman–Crippen LogP) is 9.18. The predicted molar refractivity (Wildman–Crippen MR) is 218 cm³/mol. The van der Waals surface area contributed by atoms with Crippen LogP contribution in [0.3, 0.4) is 0 Å². The van der Waals surface area contributed by atoms with E-state index in [4.69, 9.17) is 42.6 Å². The average Bonchev–Trinajstić information content (AvgIpc) is 3.50. The van der Waals surface area contributed by atoms with Crippen molar-refractivity contribution in [3.63, 3.8) is 0 Å². The van der Waals surface area contributed by atoms with Gasteiger partial charge in [-0.2, -0.15) is 0 Å². The first kappa shape index (κ1) is 45.2. The molecule has 0 saturated carbocycles. The lowest BCUT2D eigenvalue weighted by atomic mass is 10.0. The Balaban J connectivity index is 1.60. The fourth-order valence-electron chi connectivity index (χ4n) is 5.93. The molecule has 1 saturated heterocycles. The topological polar surface area (TPSA) is 117 Å². The van der Waals surface area contributed by atoms with Gasteiger partial charge in [0.2, 0.25) is 0 Å². The maximum atomic E-state index is 16.4. The van der Waals surface area contributed by atoms with Crippen LogP contribution in [0.25, 0.3) is 6.08 Å². The number of hydrogen-bond donors (Lipinski definition) is 0. The Labute approximate surface area is 337 Å². The van der Waals surface area contributed by atoms with Gasteiger partial charge in [-0.25, -0.2) is 14.0 Å². The third kappa shape index (κ3) is 14.1. The zero-order chi connectivity index (χ0) is 41.6. The lowest BCUT2D eigenvalue weighted by Gasteiger charge is -2.25. The van der Waals surface area contributed by atoms with Gasteiger partial charge in [-0.3, -0.25) is 0 Å². The number of methoxy groups -OCH3 is 3. The van der Waals surface area contributed by atoms with Crippen LogP contribution in [0.2, 0.25) is 25.7 Å². The van der Waals surface area contributed by atoms with E-state index in [0.717, 1.165) is 17.4 Å². The van der Waals surface area contributed by atoms with E-state index in [9.17, 15) is 9.59 Å². The lowest BCUT2D eigenvalue weighted by Crippen LogP contribution is -2.39. The molecule has 0 bridgehead atoms. The lowest BCUT2D eigenvalue weighted by molar-refractivity contribution is -0.154. The van der Waals surface area contributed by atoms with Gasteiger partial charge in [-0.15, -0.1) is 0 Å². The highest BCUT2D eigenvalue weighted by Crippen LogP contribution is 2.37. The number of halogens is 1. The first-order chi connectivity index (χ1) is 27.1. The number of ether oxygens (including phenoxy) is 9. The Hall–Kier alpha value is -4.53. The molecule has 1 heterocycles. The summed E-state index contributed by atoms with van der Waals surface area (Å²) in [5.41, 5.74) is 1.87. The summed E-state index contributed by atoms with van der Waals surface area (Å²) < 4.78 is 68.2. The van der Waals surface area contributed by atoms with E-state index in [1.165, 1.54) is 20.3 Å². The SMILES string of the molecule is COCOc1cc(OC)cc(C=CC[C@@H]2OC(C)(C)OC2C(OC(=O)c2ccccc2)C(F)=CCC(C)OCc2ccc(OC)cc2)c1C(=O)OCC[Si](C)(C)C. The van der Waals surface area contributed by atoms with Crippen LogP contribution < -0.4 is 14.2 Å². The second kappa shape index (κ2) is 21.3. The largest absolute Gasteiger partial charge is 0.497 e. The summed E-state index contributed by atoms with van der Waals surface area (Å²) in [5, 5.41) is 0. The molecule has 0 radical (unpaired) electrons. The summed E-state index contributed by atoms with van der Waals surface area (Å²) in [6.45, 7) is 12.4. The Bertz CT molecular complexity index is 1810.